The second-order valence-electron chi connectivity index (χ2n) is 6.09. The molecule has 1 aromatic heterocycles. The van der Waals surface area contributed by atoms with Crippen molar-refractivity contribution in [1.82, 2.24) is 15.0 Å². The maximum absolute atomic E-state index is 5.44. The number of nitrogens with zero attached hydrogens (tertiary/aromatic N) is 3. The van der Waals surface area contributed by atoms with E-state index in [0.29, 0.717) is 17.9 Å². The van der Waals surface area contributed by atoms with Crippen molar-refractivity contribution in [3.8, 4) is 17.2 Å². The lowest BCUT2D eigenvalue weighted by Crippen LogP contribution is -2.38. The summed E-state index contributed by atoms with van der Waals surface area (Å²) in [6, 6.07) is 8.30. The van der Waals surface area contributed by atoms with E-state index in [1.807, 2.05) is 24.3 Å². The van der Waals surface area contributed by atoms with E-state index in [2.05, 4.69) is 28.9 Å². The average Bonchev–Trinajstić information content (AvgIpc) is 3.05. The fourth-order valence-electron chi connectivity index (χ4n) is 2.93. The van der Waals surface area contributed by atoms with E-state index in [4.69, 9.17) is 9.26 Å². The fourth-order valence-corrected chi connectivity index (χ4v) is 2.93. The van der Waals surface area contributed by atoms with E-state index >= 15 is 0 Å². The number of aromatic nitrogens is 2. The molecule has 118 valence electrons. The zero-order chi connectivity index (χ0) is 15.5. The first kappa shape index (κ1) is 15.0. The van der Waals surface area contributed by atoms with Crippen molar-refractivity contribution in [1.29, 1.82) is 0 Å². The molecule has 3 rings (SSSR count). The Bertz CT molecular complexity index is 599. The molecule has 0 amide bonds. The fraction of sp³-hybridized carbons (Fsp3) is 0.529. The number of hydrogen-bond donors (Lipinski definition) is 0. The van der Waals surface area contributed by atoms with Gasteiger partial charge in [-0.25, -0.2) is 0 Å². The first-order valence-electron chi connectivity index (χ1n) is 7.89. The molecular formula is C17H23N3O2. The van der Waals surface area contributed by atoms with E-state index in [0.717, 1.165) is 43.1 Å². The lowest BCUT2D eigenvalue weighted by atomic mass is 9.95. The highest BCUT2D eigenvalue weighted by Gasteiger charge is 2.25. The number of piperidine rings is 1. The number of likely N-dealkylation sites (tertiary alicyclic amines) is 1. The van der Waals surface area contributed by atoms with Crippen molar-refractivity contribution >= 4 is 0 Å². The summed E-state index contributed by atoms with van der Waals surface area (Å²) in [7, 11) is 1.66. The quantitative estimate of drug-likeness (QED) is 0.867. The monoisotopic (exact) mass is 301 g/mol. The van der Waals surface area contributed by atoms with Gasteiger partial charge in [0.1, 0.15) is 5.75 Å². The van der Waals surface area contributed by atoms with Crippen molar-refractivity contribution in [2.45, 2.75) is 38.6 Å². The molecule has 2 heterocycles. The van der Waals surface area contributed by atoms with Gasteiger partial charge >= 0.3 is 0 Å². The molecule has 1 aliphatic heterocycles. The number of ether oxygens (including phenoxy) is 1. The van der Waals surface area contributed by atoms with Crippen LogP contribution in [0.15, 0.2) is 28.8 Å². The van der Waals surface area contributed by atoms with E-state index < -0.39 is 0 Å². The summed E-state index contributed by atoms with van der Waals surface area (Å²) in [4.78, 5) is 7.09. The van der Waals surface area contributed by atoms with Crippen LogP contribution in [0.3, 0.4) is 0 Å². The minimum absolute atomic E-state index is 0.408. The Balaban J connectivity index is 1.68. The molecule has 0 aliphatic carbocycles. The lowest BCUT2D eigenvalue weighted by Gasteiger charge is -2.33. The zero-order valence-electron chi connectivity index (χ0n) is 13.5. The summed E-state index contributed by atoms with van der Waals surface area (Å²) < 4.78 is 10.6. The Hall–Kier alpha value is -1.88. The summed E-state index contributed by atoms with van der Waals surface area (Å²) in [6.45, 7) is 6.70. The molecule has 0 N–H and O–H groups in total. The van der Waals surface area contributed by atoms with Crippen LogP contribution in [0.25, 0.3) is 11.5 Å². The van der Waals surface area contributed by atoms with Crippen LogP contribution >= 0.6 is 0 Å². The van der Waals surface area contributed by atoms with Crippen molar-refractivity contribution in [3.05, 3.63) is 30.1 Å². The summed E-state index contributed by atoms with van der Waals surface area (Å²) in [5.41, 5.74) is 0.930. The van der Waals surface area contributed by atoms with Gasteiger partial charge in [0.15, 0.2) is 5.82 Å². The van der Waals surface area contributed by atoms with Crippen LogP contribution in [0.4, 0.5) is 0 Å². The highest BCUT2D eigenvalue weighted by molar-refractivity contribution is 5.54. The average molecular weight is 301 g/mol. The molecule has 0 saturated carbocycles. The van der Waals surface area contributed by atoms with Gasteiger partial charge in [-0.3, -0.25) is 0 Å². The number of hydrogen-bond acceptors (Lipinski definition) is 5. The Morgan fingerprint density at radius 3 is 2.45 bits per heavy atom. The number of rotatable bonds is 4. The molecule has 0 spiro atoms. The van der Waals surface area contributed by atoms with Gasteiger partial charge in [0.05, 0.1) is 7.11 Å². The first-order chi connectivity index (χ1) is 10.7. The van der Waals surface area contributed by atoms with Crippen molar-refractivity contribution in [2.24, 2.45) is 0 Å². The molecule has 1 aliphatic rings. The van der Waals surface area contributed by atoms with E-state index in [1.54, 1.807) is 7.11 Å². The van der Waals surface area contributed by atoms with Gasteiger partial charge in [-0.15, -0.1) is 0 Å². The highest BCUT2D eigenvalue weighted by Crippen LogP contribution is 2.29. The minimum Gasteiger partial charge on any atom is -0.497 e. The van der Waals surface area contributed by atoms with Crippen LogP contribution in [0, 0.1) is 0 Å². The summed E-state index contributed by atoms with van der Waals surface area (Å²) in [5.74, 6) is 2.66. The van der Waals surface area contributed by atoms with E-state index in [1.165, 1.54) is 0 Å². The second kappa shape index (κ2) is 6.48. The topological polar surface area (TPSA) is 51.4 Å². The van der Waals surface area contributed by atoms with Gasteiger partial charge in [-0.1, -0.05) is 5.16 Å². The Morgan fingerprint density at radius 1 is 1.18 bits per heavy atom. The van der Waals surface area contributed by atoms with Gasteiger partial charge in [-0.2, -0.15) is 4.98 Å². The summed E-state index contributed by atoms with van der Waals surface area (Å²) in [6.07, 6.45) is 2.19. The van der Waals surface area contributed by atoms with E-state index in [9.17, 15) is 0 Å². The molecule has 2 aromatic rings. The standard InChI is InChI=1S/C17H23N3O2/c1-12(2)20-10-8-13(9-11-20)16-18-17(22-19-16)14-4-6-15(21-3)7-5-14/h4-7,12-13H,8-11H2,1-3H3. The second-order valence-corrected chi connectivity index (χ2v) is 6.09. The zero-order valence-corrected chi connectivity index (χ0v) is 13.5. The summed E-state index contributed by atoms with van der Waals surface area (Å²) >= 11 is 0. The third-order valence-corrected chi connectivity index (χ3v) is 4.40. The molecule has 5 nitrogen and oxygen atoms in total. The van der Waals surface area contributed by atoms with Crippen LogP contribution in [0.1, 0.15) is 38.4 Å². The van der Waals surface area contributed by atoms with Crippen molar-refractivity contribution < 1.29 is 9.26 Å². The molecule has 22 heavy (non-hydrogen) atoms. The summed E-state index contributed by atoms with van der Waals surface area (Å²) in [5, 5.41) is 4.19. The van der Waals surface area contributed by atoms with Crippen molar-refractivity contribution in [3.63, 3.8) is 0 Å². The molecule has 1 fully saturated rings. The predicted octanol–water partition coefficient (Wildman–Crippen LogP) is 3.33. The van der Waals surface area contributed by atoms with Crippen LogP contribution in [0.2, 0.25) is 0 Å². The lowest BCUT2D eigenvalue weighted by molar-refractivity contribution is 0.168. The highest BCUT2D eigenvalue weighted by atomic mass is 16.5. The molecule has 0 unspecified atom stereocenters. The third kappa shape index (κ3) is 3.14. The van der Waals surface area contributed by atoms with Crippen LogP contribution in [0.5, 0.6) is 5.75 Å². The van der Waals surface area contributed by atoms with Crippen LogP contribution in [-0.2, 0) is 0 Å². The Kier molecular flexibility index (Phi) is 4.43. The smallest absolute Gasteiger partial charge is 0.257 e. The molecule has 0 bridgehead atoms. The minimum atomic E-state index is 0.408. The van der Waals surface area contributed by atoms with Gasteiger partial charge in [0.2, 0.25) is 0 Å². The van der Waals surface area contributed by atoms with Gasteiger partial charge < -0.3 is 14.2 Å². The van der Waals surface area contributed by atoms with Crippen LogP contribution in [-0.4, -0.2) is 41.3 Å². The Labute approximate surface area is 131 Å². The van der Waals surface area contributed by atoms with Gasteiger partial charge in [0.25, 0.3) is 5.89 Å². The molecular weight excluding hydrogens is 278 g/mol. The predicted molar refractivity (Wildman–Crippen MR) is 85.0 cm³/mol. The normalized spacial score (nSPS) is 17.1. The van der Waals surface area contributed by atoms with Gasteiger partial charge in [0, 0.05) is 17.5 Å². The Morgan fingerprint density at radius 2 is 1.86 bits per heavy atom. The first-order valence-corrected chi connectivity index (χ1v) is 7.89. The largest absolute Gasteiger partial charge is 0.497 e. The number of benzene rings is 1. The third-order valence-electron chi connectivity index (χ3n) is 4.40. The molecule has 1 aromatic carbocycles. The molecule has 0 atom stereocenters. The molecule has 0 radical (unpaired) electrons. The SMILES string of the molecule is COc1ccc(-c2nc(C3CCN(C(C)C)CC3)no2)cc1. The number of methoxy groups -OCH3 is 1. The van der Waals surface area contributed by atoms with Crippen molar-refractivity contribution in [2.75, 3.05) is 20.2 Å². The van der Waals surface area contributed by atoms with Gasteiger partial charge in [-0.05, 0) is 64.0 Å². The maximum atomic E-state index is 5.44. The maximum Gasteiger partial charge on any atom is 0.257 e. The van der Waals surface area contributed by atoms with Crippen LogP contribution < -0.4 is 4.74 Å². The molecule has 1 saturated heterocycles. The molecule has 5 heteroatoms. The van der Waals surface area contributed by atoms with E-state index in [-0.39, 0.29) is 0 Å².